The molecule has 1 aromatic rings. The number of nitrogens with one attached hydrogen (secondary N) is 1. The van der Waals surface area contributed by atoms with Crippen molar-refractivity contribution in [2.75, 3.05) is 51.3 Å². The van der Waals surface area contributed by atoms with E-state index in [1.807, 2.05) is 12.1 Å². The minimum atomic E-state index is 0.139. The fourth-order valence-electron chi connectivity index (χ4n) is 2.70. The fourth-order valence-corrected chi connectivity index (χ4v) is 2.70. The van der Waals surface area contributed by atoms with Crippen LogP contribution in [-0.2, 0) is 4.79 Å². The molecule has 2 rings (SSSR count). The number of amides is 1. The average molecular weight is 305 g/mol. The molecule has 1 aliphatic rings. The SMILES string of the molecule is CCCNC(=O)CN1CCCN(c2ccc(OC)cc2)CC1. The summed E-state index contributed by atoms with van der Waals surface area (Å²) in [5, 5.41) is 2.95. The first kappa shape index (κ1) is 16.6. The molecule has 0 bridgehead atoms. The second-order valence-electron chi connectivity index (χ2n) is 5.66. The van der Waals surface area contributed by atoms with Crippen LogP contribution in [0, 0.1) is 0 Å². The van der Waals surface area contributed by atoms with Crippen molar-refractivity contribution in [3.8, 4) is 5.75 Å². The molecule has 0 spiro atoms. The highest BCUT2D eigenvalue weighted by Gasteiger charge is 2.17. The van der Waals surface area contributed by atoms with Crippen molar-refractivity contribution in [3.05, 3.63) is 24.3 Å². The molecule has 1 heterocycles. The lowest BCUT2D eigenvalue weighted by molar-refractivity contribution is -0.122. The van der Waals surface area contributed by atoms with Crippen LogP contribution in [0.3, 0.4) is 0 Å². The minimum Gasteiger partial charge on any atom is -0.497 e. The fraction of sp³-hybridized carbons (Fsp3) is 0.588. The third kappa shape index (κ3) is 4.91. The zero-order valence-corrected chi connectivity index (χ0v) is 13.7. The Hall–Kier alpha value is -1.75. The Bertz CT molecular complexity index is 461. The molecular formula is C17H27N3O2. The Morgan fingerprint density at radius 1 is 1.18 bits per heavy atom. The topological polar surface area (TPSA) is 44.8 Å². The van der Waals surface area contributed by atoms with Gasteiger partial charge >= 0.3 is 0 Å². The highest BCUT2D eigenvalue weighted by Crippen LogP contribution is 2.20. The molecule has 0 saturated carbocycles. The first-order valence-electron chi connectivity index (χ1n) is 8.11. The van der Waals surface area contributed by atoms with Crippen molar-refractivity contribution in [1.29, 1.82) is 0 Å². The number of nitrogens with zero attached hydrogens (tertiary/aromatic N) is 2. The number of hydrogen-bond acceptors (Lipinski definition) is 4. The highest BCUT2D eigenvalue weighted by atomic mass is 16.5. The van der Waals surface area contributed by atoms with Crippen molar-refractivity contribution in [1.82, 2.24) is 10.2 Å². The van der Waals surface area contributed by atoms with Gasteiger partial charge in [0.05, 0.1) is 13.7 Å². The first-order chi connectivity index (χ1) is 10.7. The van der Waals surface area contributed by atoms with E-state index in [0.717, 1.165) is 51.3 Å². The van der Waals surface area contributed by atoms with Gasteiger partial charge in [0.25, 0.3) is 0 Å². The van der Waals surface area contributed by atoms with Gasteiger partial charge in [-0.2, -0.15) is 0 Å². The van der Waals surface area contributed by atoms with Crippen molar-refractivity contribution in [2.24, 2.45) is 0 Å². The van der Waals surface area contributed by atoms with E-state index in [0.29, 0.717) is 6.54 Å². The Morgan fingerprint density at radius 2 is 1.95 bits per heavy atom. The van der Waals surface area contributed by atoms with E-state index in [-0.39, 0.29) is 5.91 Å². The van der Waals surface area contributed by atoms with Gasteiger partial charge in [-0.05, 0) is 37.1 Å². The molecule has 122 valence electrons. The van der Waals surface area contributed by atoms with Crippen LogP contribution in [0.2, 0.25) is 0 Å². The lowest BCUT2D eigenvalue weighted by Gasteiger charge is -2.23. The molecule has 1 N–H and O–H groups in total. The van der Waals surface area contributed by atoms with Gasteiger partial charge in [-0.15, -0.1) is 0 Å². The number of carbonyl (C=O) groups is 1. The third-order valence-corrected chi connectivity index (χ3v) is 3.97. The van der Waals surface area contributed by atoms with Crippen LogP contribution in [0.25, 0.3) is 0 Å². The predicted octanol–water partition coefficient (Wildman–Crippen LogP) is 1.73. The van der Waals surface area contributed by atoms with E-state index in [9.17, 15) is 4.79 Å². The molecule has 0 aromatic heterocycles. The van der Waals surface area contributed by atoms with Gasteiger partial charge in [0, 0.05) is 38.4 Å². The van der Waals surface area contributed by atoms with Crippen LogP contribution in [0.1, 0.15) is 19.8 Å². The Balaban J connectivity index is 1.85. The van der Waals surface area contributed by atoms with E-state index < -0.39 is 0 Å². The summed E-state index contributed by atoms with van der Waals surface area (Å²) in [7, 11) is 1.68. The summed E-state index contributed by atoms with van der Waals surface area (Å²) in [6.07, 6.45) is 2.06. The summed E-state index contributed by atoms with van der Waals surface area (Å²) in [5.74, 6) is 1.02. The summed E-state index contributed by atoms with van der Waals surface area (Å²) >= 11 is 0. The van der Waals surface area contributed by atoms with E-state index >= 15 is 0 Å². The lowest BCUT2D eigenvalue weighted by Crippen LogP contribution is -2.39. The smallest absolute Gasteiger partial charge is 0.234 e. The zero-order chi connectivity index (χ0) is 15.8. The van der Waals surface area contributed by atoms with E-state index in [1.165, 1.54) is 5.69 Å². The van der Waals surface area contributed by atoms with Crippen LogP contribution in [0.15, 0.2) is 24.3 Å². The number of carbonyl (C=O) groups excluding carboxylic acids is 1. The molecule has 0 unspecified atom stereocenters. The number of anilines is 1. The molecule has 0 aliphatic carbocycles. The summed E-state index contributed by atoms with van der Waals surface area (Å²) in [6, 6.07) is 8.19. The Kier molecular flexibility index (Phi) is 6.52. The summed E-state index contributed by atoms with van der Waals surface area (Å²) in [6.45, 7) is 7.23. The number of methoxy groups -OCH3 is 1. The molecule has 5 nitrogen and oxygen atoms in total. The van der Waals surface area contributed by atoms with Crippen LogP contribution >= 0.6 is 0 Å². The first-order valence-corrected chi connectivity index (χ1v) is 8.11. The summed E-state index contributed by atoms with van der Waals surface area (Å²) in [5.41, 5.74) is 1.22. The van der Waals surface area contributed by atoms with Gasteiger partial charge in [-0.3, -0.25) is 9.69 Å². The predicted molar refractivity (Wildman–Crippen MR) is 89.6 cm³/mol. The van der Waals surface area contributed by atoms with Gasteiger partial charge < -0.3 is 15.0 Å². The monoisotopic (exact) mass is 305 g/mol. The molecule has 22 heavy (non-hydrogen) atoms. The maximum absolute atomic E-state index is 11.8. The zero-order valence-electron chi connectivity index (χ0n) is 13.7. The Labute approximate surface area is 133 Å². The molecular weight excluding hydrogens is 278 g/mol. The van der Waals surface area contributed by atoms with Crippen molar-refractivity contribution < 1.29 is 9.53 Å². The van der Waals surface area contributed by atoms with Crippen LogP contribution in [-0.4, -0.2) is 57.2 Å². The van der Waals surface area contributed by atoms with Crippen molar-refractivity contribution >= 4 is 11.6 Å². The quantitative estimate of drug-likeness (QED) is 0.869. The van der Waals surface area contributed by atoms with Gasteiger partial charge in [0.15, 0.2) is 0 Å². The van der Waals surface area contributed by atoms with Gasteiger partial charge in [0.1, 0.15) is 5.75 Å². The number of rotatable bonds is 6. The van der Waals surface area contributed by atoms with Gasteiger partial charge in [-0.1, -0.05) is 6.92 Å². The normalized spacial score (nSPS) is 16.2. The lowest BCUT2D eigenvalue weighted by atomic mass is 10.2. The van der Waals surface area contributed by atoms with E-state index in [4.69, 9.17) is 4.74 Å². The number of benzene rings is 1. The summed E-state index contributed by atoms with van der Waals surface area (Å²) in [4.78, 5) is 16.4. The van der Waals surface area contributed by atoms with Crippen molar-refractivity contribution in [2.45, 2.75) is 19.8 Å². The van der Waals surface area contributed by atoms with Crippen LogP contribution in [0.4, 0.5) is 5.69 Å². The second kappa shape index (κ2) is 8.63. The molecule has 1 fully saturated rings. The number of hydrogen-bond donors (Lipinski definition) is 1. The van der Waals surface area contributed by atoms with Gasteiger partial charge in [0.2, 0.25) is 5.91 Å². The van der Waals surface area contributed by atoms with Crippen molar-refractivity contribution in [3.63, 3.8) is 0 Å². The van der Waals surface area contributed by atoms with Crippen LogP contribution in [0.5, 0.6) is 5.75 Å². The largest absolute Gasteiger partial charge is 0.497 e. The Morgan fingerprint density at radius 3 is 2.64 bits per heavy atom. The maximum Gasteiger partial charge on any atom is 0.234 e. The average Bonchev–Trinajstić information content (AvgIpc) is 2.78. The molecule has 1 aliphatic heterocycles. The summed E-state index contributed by atoms with van der Waals surface area (Å²) < 4.78 is 5.20. The second-order valence-corrected chi connectivity index (χ2v) is 5.66. The minimum absolute atomic E-state index is 0.139. The van der Waals surface area contributed by atoms with E-state index in [1.54, 1.807) is 7.11 Å². The molecule has 1 saturated heterocycles. The number of ether oxygens (including phenoxy) is 1. The maximum atomic E-state index is 11.8. The van der Waals surface area contributed by atoms with Gasteiger partial charge in [-0.25, -0.2) is 0 Å². The highest BCUT2D eigenvalue weighted by molar-refractivity contribution is 5.77. The standard InChI is InChI=1S/C17H27N3O2/c1-3-9-18-17(21)14-19-10-4-11-20(13-12-19)15-5-7-16(22-2)8-6-15/h5-8H,3-4,9-14H2,1-2H3,(H,18,21). The third-order valence-electron chi connectivity index (χ3n) is 3.97. The molecule has 0 radical (unpaired) electrons. The van der Waals surface area contributed by atoms with E-state index in [2.05, 4.69) is 34.2 Å². The molecule has 5 heteroatoms. The van der Waals surface area contributed by atoms with Crippen LogP contribution < -0.4 is 15.0 Å². The molecule has 1 amide bonds. The molecule has 1 aromatic carbocycles. The molecule has 0 atom stereocenters.